The molecule has 2 amide bonds. The van der Waals surface area contributed by atoms with Gasteiger partial charge in [-0.25, -0.2) is 4.79 Å². The lowest BCUT2D eigenvalue weighted by Gasteiger charge is -2.40. The van der Waals surface area contributed by atoms with E-state index in [0.717, 1.165) is 43.2 Å². The van der Waals surface area contributed by atoms with E-state index in [4.69, 9.17) is 23.4 Å². The van der Waals surface area contributed by atoms with Crippen LogP contribution >= 0.6 is 0 Å². The molecule has 11 heteroatoms. The minimum atomic E-state index is -0.553. The lowest BCUT2D eigenvalue weighted by molar-refractivity contribution is 0.0236. The Morgan fingerprint density at radius 2 is 1.76 bits per heavy atom. The minimum Gasteiger partial charge on any atom is -0.496 e. The number of methoxy groups -OCH3 is 1. The number of fused-ring (bicyclic) bond motifs is 1. The quantitative estimate of drug-likeness (QED) is 0.202. The van der Waals surface area contributed by atoms with Gasteiger partial charge in [-0.15, -0.1) is 0 Å². The molecule has 3 saturated heterocycles. The lowest BCUT2D eigenvalue weighted by Crippen LogP contribution is -2.48. The van der Waals surface area contributed by atoms with Crippen LogP contribution in [0.3, 0.4) is 0 Å². The number of amides is 2. The number of pyridine rings is 1. The predicted molar refractivity (Wildman–Crippen MR) is 191 cm³/mol. The first-order valence-electron chi connectivity index (χ1n) is 17.7. The highest BCUT2D eigenvalue weighted by Gasteiger charge is 2.45. The summed E-state index contributed by atoms with van der Waals surface area (Å²) in [5, 5.41) is 9.96. The zero-order valence-electron chi connectivity index (χ0n) is 29.7. The molecule has 11 nitrogen and oxygen atoms in total. The number of furan rings is 1. The van der Waals surface area contributed by atoms with Crippen LogP contribution in [0.2, 0.25) is 0 Å². The maximum absolute atomic E-state index is 13.9. The van der Waals surface area contributed by atoms with Crippen LogP contribution in [0.25, 0.3) is 33.6 Å². The molecule has 0 radical (unpaired) electrons. The molecule has 0 aliphatic carbocycles. The van der Waals surface area contributed by atoms with Gasteiger partial charge in [0.15, 0.2) is 5.58 Å². The highest BCUT2D eigenvalue weighted by molar-refractivity contribution is 5.97. The van der Waals surface area contributed by atoms with E-state index in [1.54, 1.807) is 30.3 Å². The standard InChI is InChI=1S/C40H44N4O7/c1-39(2,3)51-38(46)44-17-14-40(25-44)13-5-16-43(24-40)37(45)27-6-8-31(34(21-27)47-4)35-22-32-36(50-35)30(10-15-42-32)26-7-9-33(28(20-26)23-41)49-29-11-18-48-19-12-29/h6-10,15,20-22,29H,5,11-14,16-19,24-25H2,1-4H3. The predicted octanol–water partition coefficient (Wildman–Crippen LogP) is 7.46. The summed E-state index contributed by atoms with van der Waals surface area (Å²) in [5.41, 5.74) is 3.80. The number of ether oxygens (including phenoxy) is 4. The first-order chi connectivity index (χ1) is 24.5. The molecule has 1 unspecified atom stereocenters. The molecule has 5 heterocycles. The molecule has 4 aromatic rings. The van der Waals surface area contributed by atoms with Gasteiger partial charge in [0.05, 0.1) is 31.5 Å². The second-order valence-electron chi connectivity index (χ2n) is 14.8. The number of carbonyl (C=O) groups is 2. The molecule has 2 aromatic carbocycles. The Hall–Kier alpha value is -5.08. The molecular weight excluding hydrogens is 648 g/mol. The van der Waals surface area contributed by atoms with Gasteiger partial charge in [0.2, 0.25) is 0 Å². The number of hydrogen-bond acceptors (Lipinski definition) is 9. The molecule has 3 fully saturated rings. The van der Waals surface area contributed by atoms with Crippen molar-refractivity contribution in [3.63, 3.8) is 0 Å². The third kappa shape index (κ3) is 7.24. The van der Waals surface area contributed by atoms with Gasteiger partial charge in [0.25, 0.3) is 5.91 Å². The summed E-state index contributed by atoms with van der Waals surface area (Å²) in [6.45, 7) is 9.38. The molecule has 0 saturated carbocycles. The zero-order valence-corrected chi connectivity index (χ0v) is 29.7. The molecule has 0 N–H and O–H groups in total. The largest absolute Gasteiger partial charge is 0.496 e. The van der Waals surface area contributed by atoms with Crippen LogP contribution in [0, 0.1) is 16.7 Å². The van der Waals surface area contributed by atoms with Gasteiger partial charge in [-0.2, -0.15) is 5.26 Å². The topological polar surface area (TPSA) is 127 Å². The molecule has 2 aromatic heterocycles. The fourth-order valence-corrected chi connectivity index (χ4v) is 7.50. The van der Waals surface area contributed by atoms with Crippen LogP contribution in [0.1, 0.15) is 68.8 Å². The van der Waals surface area contributed by atoms with Gasteiger partial charge in [0.1, 0.15) is 40.6 Å². The Labute approximate surface area is 298 Å². The molecule has 3 aliphatic heterocycles. The first-order valence-corrected chi connectivity index (χ1v) is 17.7. The van der Waals surface area contributed by atoms with Crippen molar-refractivity contribution in [1.29, 1.82) is 5.26 Å². The van der Waals surface area contributed by atoms with E-state index in [-0.39, 0.29) is 23.5 Å². The molecular formula is C40H44N4O7. The normalized spacial score (nSPS) is 19.7. The fourth-order valence-electron chi connectivity index (χ4n) is 7.50. The number of nitrogens with zero attached hydrogens (tertiary/aromatic N) is 4. The molecule has 0 bridgehead atoms. The molecule has 51 heavy (non-hydrogen) atoms. The number of nitriles is 1. The minimum absolute atomic E-state index is 0.0224. The summed E-state index contributed by atoms with van der Waals surface area (Å²) in [5.74, 6) is 1.54. The summed E-state index contributed by atoms with van der Waals surface area (Å²) in [6, 6.07) is 17.0. The Balaban J connectivity index is 1.10. The monoisotopic (exact) mass is 692 g/mol. The number of likely N-dealkylation sites (tertiary alicyclic amines) is 2. The molecule has 1 atom stereocenters. The zero-order chi connectivity index (χ0) is 35.8. The number of aromatic nitrogens is 1. The van der Waals surface area contributed by atoms with Gasteiger partial charge in [-0.3, -0.25) is 9.78 Å². The molecule has 3 aliphatic rings. The summed E-state index contributed by atoms with van der Waals surface area (Å²) >= 11 is 0. The van der Waals surface area contributed by atoms with Crippen molar-refractivity contribution in [2.75, 3.05) is 46.5 Å². The number of rotatable bonds is 6. The van der Waals surface area contributed by atoms with Crippen LogP contribution in [-0.2, 0) is 9.47 Å². The average Bonchev–Trinajstić information content (AvgIpc) is 3.75. The Morgan fingerprint density at radius 1 is 0.961 bits per heavy atom. The Kier molecular flexibility index (Phi) is 9.38. The lowest BCUT2D eigenvalue weighted by atomic mass is 9.79. The summed E-state index contributed by atoms with van der Waals surface area (Å²) in [7, 11) is 1.58. The maximum Gasteiger partial charge on any atom is 0.410 e. The van der Waals surface area contributed by atoms with Gasteiger partial charge in [0, 0.05) is 67.8 Å². The summed E-state index contributed by atoms with van der Waals surface area (Å²) in [4.78, 5) is 34.9. The van der Waals surface area contributed by atoms with Crippen molar-refractivity contribution in [3.05, 3.63) is 65.9 Å². The number of carbonyl (C=O) groups excluding carboxylic acids is 2. The van der Waals surface area contributed by atoms with Crippen molar-refractivity contribution >= 4 is 23.1 Å². The van der Waals surface area contributed by atoms with Crippen molar-refractivity contribution in [2.45, 2.75) is 64.6 Å². The van der Waals surface area contributed by atoms with E-state index in [9.17, 15) is 14.9 Å². The summed E-state index contributed by atoms with van der Waals surface area (Å²) in [6.07, 6.45) is 5.71. The summed E-state index contributed by atoms with van der Waals surface area (Å²) < 4.78 is 29.5. The molecule has 266 valence electrons. The van der Waals surface area contributed by atoms with Crippen LogP contribution in [-0.4, -0.2) is 85.0 Å². The van der Waals surface area contributed by atoms with E-state index >= 15 is 0 Å². The highest BCUT2D eigenvalue weighted by atomic mass is 16.6. The van der Waals surface area contributed by atoms with Gasteiger partial charge < -0.3 is 33.2 Å². The maximum atomic E-state index is 13.9. The Morgan fingerprint density at radius 3 is 2.53 bits per heavy atom. The van der Waals surface area contributed by atoms with E-state index in [0.29, 0.717) is 84.4 Å². The molecule has 7 rings (SSSR count). The number of piperidine rings is 1. The van der Waals surface area contributed by atoms with E-state index in [2.05, 4.69) is 11.1 Å². The van der Waals surface area contributed by atoms with Crippen LogP contribution in [0.15, 0.2) is 59.1 Å². The number of benzene rings is 2. The fraction of sp³-hybridized carbons (Fsp3) is 0.450. The van der Waals surface area contributed by atoms with E-state index in [1.807, 2.05) is 62.1 Å². The second kappa shape index (κ2) is 13.9. The van der Waals surface area contributed by atoms with Crippen molar-refractivity contribution in [2.24, 2.45) is 5.41 Å². The smallest absolute Gasteiger partial charge is 0.410 e. The Bertz CT molecular complexity index is 1990. The SMILES string of the molecule is COc1cc(C(=O)N2CCCC3(CCN(C(=O)OC(C)(C)C)C3)C2)ccc1-c1cc2nccc(-c3ccc(OC4CCOCC4)c(C#N)c3)c2o1. The average molecular weight is 693 g/mol. The van der Waals surface area contributed by atoms with E-state index < -0.39 is 5.60 Å². The second-order valence-corrected chi connectivity index (χ2v) is 14.8. The third-order valence-electron chi connectivity index (χ3n) is 10.0. The van der Waals surface area contributed by atoms with Crippen LogP contribution in [0.5, 0.6) is 11.5 Å². The van der Waals surface area contributed by atoms with Crippen LogP contribution < -0.4 is 9.47 Å². The third-order valence-corrected chi connectivity index (χ3v) is 10.0. The van der Waals surface area contributed by atoms with Crippen LogP contribution in [0.4, 0.5) is 4.79 Å². The van der Waals surface area contributed by atoms with Crippen molar-refractivity contribution in [1.82, 2.24) is 14.8 Å². The van der Waals surface area contributed by atoms with Gasteiger partial charge in [-0.1, -0.05) is 6.07 Å². The molecule has 1 spiro atoms. The van der Waals surface area contributed by atoms with E-state index in [1.165, 1.54) is 0 Å². The van der Waals surface area contributed by atoms with Gasteiger partial charge in [-0.05, 0) is 82.0 Å². The number of hydrogen-bond donors (Lipinski definition) is 0. The highest BCUT2D eigenvalue weighted by Crippen LogP contribution is 2.41. The van der Waals surface area contributed by atoms with Crippen molar-refractivity contribution < 1.29 is 33.0 Å². The van der Waals surface area contributed by atoms with Crippen molar-refractivity contribution in [3.8, 4) is 40.0 Å². The first kappa shape index (κ1) is 34.4. The van der Waals surface area contributed by atoms with Gasteiger partial charge >= 0.3 is 6.09 Å².